The molecule has 0 radical (unpaired) electrons. The summed E-state index contributed by atoms with van der Waals surface area (Å²) in [6.07, 6.45) is 5.00. The molecule has 9 nitrogen and oxygen atoms in total. The Hall–Kier alpha value is -3.53. The van der Waals surface area contributed by atoms with Crippen LogP contribution in [0.1, 0.15) is 53.2 Å². The second kappa shape index (κ2) is 11.7. The van der Waals surface area contributed by atoms with Crippen molar-refractivity contribution in [3.63, 3.8) is 0 Å². The predicted molar refractivity (Wildman–Crippen MR) is 135 cm³/mol. The van der Waals surface area contributed by atoms with Gasteiger partial charge in [0.25, 0.3) is 5.91 Å². The summed E-state index contributed by atoms with van der Waals surface area (Å²) in [5, 5.41) is 18.3. The lowest BCUT2D eigenvalue weighted by molar-refractivity contribution is -0.139. The van der Waals surface area contributed by atoms with Crippen molar-refractivity contribution in [2.45, 2.75) is 51.0 Å². The van der Waals surface area contributed by atoms with Gasteiger partial charge in [-0.1, -0.05) is 18.2 Å². The summed E-state index contributed by atoms with van der Waals surface area (Å²) in [4.78, 5) is 45.2. The molecule has 0 unspecified atom stereocenters. The molecule has 1 aromatic carbocycles. The number of amides is 2. The van der Waals surface area contributed by atoms with Crippen LogP contribution < -0.4 is 16.0 Å². The second-order valence-electron chi connectivity index (χ2n) is 8.54. The van der Waals surface area contributed by atoms with Gasteiger partial charge in [0.1, 0.15) is 11.9 Å². The summed E-state index contributed by atoms with van der Waals surface area (Å²) in [6.45, 7) is 1.12. The SMILES string of the molecule is O=C(CCCCc1ccc2c(n1)NCCC2)NCC[C@H](NC(=O)c1nc2ccccc2s1)C(=O)O. The predicted octanol–water partition coefficient (Wildman–Crippen LogP) is 3.15. The molecule has 0 fully saturated rings. The first-order chi connectivity index (χ1) is 17.0. The van der Waals surface area contributed by atoms with E-state index in [0.29, 0.717) is 18.4 Å². The highest BCUT2D eigenvalue weighted by Crippen LogP contribution is 2.22. The number of hydrogen-bond acceptors (Lipinski definition) is 7. The molecule has 0 spiro atoms. The number of carboxylic acids is 1. The van der Waals surface area contributed by atoms with Crippen LogP contribution in [-0.2, 0) is 22.4 Å². The Labute approximate surface area is 207 Å². The number of nitrogens with zero attached hydrogens (tertiary/aromatic N) is 2. The molecule has 1 aliphatic heterocycles. The molecule has 1 aliphatic rings. The fourth-order valence-corrected chi connectivity index (χ4v) is 4.86. The maximum Gasteiger partial charge on any atom is 0.326 e. The number of aliphatic carboxylic acids is 1. The number of pyridine rings is 1. The highest BCUT2D eigenvalue weighted by molar-refractivity contribution is 7.20. The first-order valence-electron chi connectivity index (χ1n) is 11.9. The van der Waals surface area contributed by atoms with Gasteiger partial charge in [0.15, 0.2) is 5.01 Å². The molecular weight excluding hydrogens is 466 g/mol. The molecule has 4 N–H and O–H groups in total. The number of aromatic nitrogens is 2. The molecule has 0 saturated carbocycles. The summed E-state index contributed by atoms with van der Waals surface area (Å²) in [5.41, 5.74) is 2.97. The standard InChI is InChI=1S/C25H29N5O4S/c31-21(10-4-1-7-17-12-11-16-6-5-14-27-22(16)28-17)26-15-13-19(25(33)34)29-23(32)24-30-18-8-2-3-9-20(18)35-24/h2-3,8-9,11-12,19H,1,4-7,10,13-15H2,(H,26,31)(H,27,28)(H,29,32)(H,33,34)/t19-/m0/s1. The van der Waals surface area contributed by atoms with E-state index in [1.54, 1.807) is 6.07 Å². The van der Waals surface area contributed by atoms with Crippen LogP contribution in [0.25, 0.3) is 10.2 Å². The monoisotopic (exact) mass is 495 g/mol. The van der Waals surface area contributed by atoms with Crippen molar-refractivity contribution in [2.24, 2.45) is 0 Å². The van der Waals surface area contributed by atoms with E-state index in [1.807, 2.05) is 18.2 Å². The van der Waals surface area contributed by atoms with E-state index in [4.69, 9.17) is 0 Å². The van der Waals surface area contributed by atoms with E-state index in [9.17, 15) is 19.5 Å². The molecule has 0 saturated heterocycles. The van der Waals surface area contributed by atoms with Crippen LogP contribution in [0.3, 0.4) is 0 Å². The van der Waals surface area contributed by atoms with E-state index >= 15 is 0 Å². The van der Waals surface area contributed by atoms with Gasteiger partial charge in [-0.05, 0) is 62.3 Å². The minimum absolute atomic E-state index is 0.0871. The van der Waals surface area contributed by atoms with Gasteiger partial charge in [-0.25, -0.2) is 14.8 Å². The molecule has 3 aromatic rings. The number of hydrogen-bond donors (Lipinski definition) is 4. The molecule has 2 amide bonds. The Balaban J connectivity index is 1.16. The van der Waals surface area contributed by atoms with E-state index in [2.05, 4.69) is 38.1 Å². The van der Waals surface area contributed by atoms with Crippen LogP contribution in [0.2, 0.25) is 0 Å². The number of thiazole rings is 1. The average Bonchev–Trinajstić information content (AvgIpc) is 3.30. The summed E-state index contributed by atoms with van der Waals surface area (Å²) in [5.74, 6) is -0.835. The van der Waals surface area contributed by atoms with Gasteiger partial charge in [-0.3, -0.25) is 9.59 Å². The quantitative estimate of drug-likeness (QED) is 0.300. The zero-order chi connectivity index (χ0) is 24.6. The maximum atomic E-state index is 12.5. The first kappa shape index (κ1) is 24.6. The van der Waals surface area contributed by atoms with Crippen LogP contribution >= 0.6 is 11.3 Å². The van der Waals surface area contributed by atoms with Crippen molar-refractivity contribution in [3.8, 4) is 0 Å². The van der Waals surface area contributed by atoms with Crippen molar-refractivity contribution < 1.29 is 19.5 Å². The van der Waals surface area contributed by atoms with Crippen LogP contribution in [0.15, 0.2) is 36.4 Å². The fraction of sp³-hybridized carbons (Fsp3) is 0.400. The number of fused-ring (bicyclic) bond motifs is 2. The summed E-state index contributed by atoms with van der Waals surface area (Å²) in [7, 11) is 0. The summed E-state index contributed by atoms with van der Waals surface area (Å²) in [6, 6.07) is 10.4. The van der Waals surface area contributed by atoms with Crippen molar-refractivity contribution in [1.82, 2.24) is 20.6 Å². The van der Waals surface area contributed by atoms with Crippen LogP contribution in [-0.4, -0.2) is 52.0 Å². The van der Waals surface area contributed by atoms with E-state index in [1.165, 1.54) is 16.9 Å². The Morgan fingerprint density at radius 3 is 2.80 bits per heavy atom. The first-order valence-corrected chi connectivity index (χ1v) is 12.7. The number of benzene rings is 1. The lowest BCUT2D eigenvalue weighted by atomic mass is 10.1. The Morgan fingerprint density at radius 1 is 1.11 bits per heavy atom. The third-order valence-electron chi connectivity index (χ3n) is 5.89. The lowest BCUT2D eigenvalue weighted by Gasteiger charge is -2.17. The Morgan fingerprint density at radius 2 is 1.97 bits per heavy atom. The minimum atomic E-state index is -1.15. The Kier molecular flexibility index (Phi) is 8.25. The van der Waals surface area contributed by atoms with Crippen LogP contribution in [0.5, 0.6) is 0 Å². The zero-order valence-corrected chi connectivity index (χ0v) is 20.2. The van der Waals surface area contributed by atoms with E-state index < -0.39 is 17.9 Å². The molecule has 10 heteroatoms. The van der Waals surface area contributed by atoms with Gasteiger partial charge in [0.05, 0.1) is 10.2 Å². The normalized spacial score (nSPS) is 13.5. The number of para-hydroxylation sites is 1. The summed E-state index contributed by atoms with van der Waals surface area (Å²) < 4.78 is 0.857. The highest BCUT2D eigenvalue weighted by Gasteiger charge is 2.22. The zero-order valence-electron chi connectivity index (χ0n) is 19.4. The van der Waals surface area contributed by atoms with Crippen molar-refractivity contribution in [2.75, 3.05) is 18.4 Å². The number of rotatable bonds is 11. The van der Waals surface area contributed by atoms with E-state index in [0.717, 1.165) is 48.4 Å². The fourth-order valence-electron chi connectivity index (χ4n) is 3.99. The lowest BCUT2D eigenvalue weighted by Crippen LogP contribution is -2.43. The number of nitrogens with one attached hydrogen (secondary N) is 3. The molecule has 3 heterocycles. The number of carbonyl (C=O) groups excluding carboxylic acids is 2. The van der Waals surface area contributed by atoms with Crippen molar-refractivity contribution in [3.05, 3.63) is 52.7 Å². The number of anilines is 1. The van der Waals surface area contributed by atoms with Crippen molar-refractivity contribution >= 4 is 45.2 Å². The third-order valence-corrected chi connectivity index (χ3v) is 6.92. The maximum absolute atomic E-state index is 12.5. The smallest absolute Gasteiger partial charge is 0.326 e. The molecule has 35 heavy (non-hydrogen) atoms. The van der Waals surface area contributed by atoms with Crippen LogP contribution in [0, 0.1) is 0 Å². The molecule has 1 atom stereocenters. The molecule has 4 rings (SSSR count). The highest BCUT2D eigenvalue weighted by atomic mass is 32.1. The molecular formula is C25H29N5O4S. The van der Waals surface area contributed by atoms with Crippen molar-refractivity contribution in [1.29, 1.82) is 0 Å². The number of unbranched alkanes of at least 4 members (excludes halogenated alkanes) is 1. The number of aryl methyl sites for hydroxylation is 2. The second-order valence-corrected chi connectivity index (χ2v) is 9.57. The van der Waals surface area contributed by atoms with Gasteiger partial charge in [0, 0.05) is 25.2 Å². The molecule has 184 valence electrons. The van der Waals surface area contributed by atoms with Crippen LogP contribution in [0.4, 0.5) is 5.82 Å². The Bertz CT molecular complexity index is 1180. The average molecular weight is 496 g/mol. The van der Waals surface area contributed by atoms with Gasteiger partial charge in [-0.2, -0.15) is 0 Å². The third kappa shape index (κ3) is 6.75. The van der Waals surface area contributed by atoms with Gasteiger partial charge in [0.2, 0.25) is 5.91 Å². The van der Waals surface area contributed by atoms with E-state index in [-0.39, 0.29) is 23.9 Å². The summed E-state index contributed by atoms with van der Waals surface area (Å²) >= 11 is 1.21. The number of carbonyl (C=O) groups is 3. The van der Waals surface area contributed by atoms with Gasteiger partial charge >= 0.3 is 5.97 Å². The topological polar surface area (TPSA) is 133 Å². The molecule has 2 aromatic heterocycles. The number of carboxylic acid groups (broad SMARTS) is 1. The van der Waals surface area contributed by atoms with Gasteiger partial charge < -0.3 is 21.1 Å². The molecule has 0 aliphatic carbocycles. The minimum Gasteiger partial charge on any atom is -0.480 e. The molecule has 0 bridgehead atoms. The van der Waals surface area contributed by atoms with Gasteiger partial charge in [-0.15, -0.1) is 11.3 Å². The largest absolute Gasteiger partial charge is 0.480 e.